The number of rotatable bonds is 2. The molecule has 0 radical (unpaired) electrons. The molecule has 1 aliphatic carbocycles. The number of benzene rings is 3. The molecule has 0 bridgehead atoms. The summed E-state index contributed by atoms with van der Waals surface area (Å²) in [6, 6.07) is 9.98. The third kappa shape index (κ3) is 10.6. The van der Waals surface area contributed by atoms with Gasteiger partial charge in [-0.05, 0) is 56.5 Å². The first-order chi connectivity index (χ1) is 18.7. The molecule has 2 aromatic rings. The molecule has 0 aromatic heterocycles. The smallest absolute Gasteiger partial charge is 0.872 e. The number of carboxylic acids is 1. The van der Waals surface area contributed by atoms with Crippen LogP contribution < -0.4 is 74.8 Å². The van der Waals surface area contributed by atoms with Crippen LogP contribution in [-0.2, 0) is 0 Å². The zero-order chi connectivity index (χ0) is 31.0. The Labute approximate surface area is 292 Å². The second-order valence-corrected chi connectivity index (χ2v) is 7.36. The Bertz CT molecular complexity index is 1360. The Morgan fingerprint density at radius 3 is 1.68 bits per heavy atom. The predicted molar refractivity (Wildman–Crippen MR) is 164 cm³/mol. The summed E-state index contributed by atoms with van der Waals surface area (Å²) in [5.74, 6) is -1.10. The van der Waals surface area contributed by atoms with E-state index in [0.29, 0.717) is 55.7 Å². The Balaban J connectivity index is -0.000000517. The Kier molecular flexibility index (Phi) is 27.0. The van der Waals surface area contributed by atoms with Crippen LogP contribution in [0, 0.1) is 27.7 Å². The van der Waals surface area contributed by atoms with Crippen molar-refractivity contribution in [1.29, 1.82) is 0 Å². The first-order valence-corrected chi connectivity index (χ1v) is 14.2. The summed E-state index contributed by atoms with van der Waals surface area (Å²) < 4.78 is 6.08. The molecule has 7 heteroatoms. The molecule has 2 aliphatic rings. The molecule has 1 heterocycles. The topological polar surface area (TPSA) is 93.4 Å². The molecule has 216 valence electrons. The molecule has 4 rings (SSSR count). The van der Waals surface area contributed by atoms with Gasteiger partial charge in [-0.3, -0.25) is 4.79 Å². The van der Waals surface area contributed by atoms with E-state index in [1.165, 1.54) is 6.07 Å². The second-order valence-electron chi connectivity index (χ2n) is 7.36. The van der Waals surface area contributed by atoms with Crippen LogP contribution in [0.15, 0.2) is 45.6 Å². The molecule has 0 unspecified atom stereocenters. The maximum atomic E-state index is 12.5. The number of aryl methyl sites for hydroxylation is 3. The van der Waals surface area contributed by atoms with Gasteiger partial charge in [0.2, 0.25) is 0 Å². The van der Waals surface area contributed by atoms with Crippen LogP contribution in [0.2, 0.25) is 0 Å². The van der Waals surface area contributed by atoms with Gasteiger partial charge in [-0.2, -0.15) is 0 Å². The molecule has 0 fully saturated rings. The fraction of sp³-hybridized carbons (Fsp3) is 0.412. The van der Waals surface area contributed by atoms with Crippen molar-refractivity contribution < 1.29 is 78.5 Å². The molecule has 0 saturated heterocycles. The van der Waals surface area contributed by atoms with Gasteiger partial charge in [-0.1, -0.05) is 105 Å². The van der Waals surface area contributed by atoms with Gasteiger partial charge in [0.25, 0.3) is 0 Å². The van der Waals surface area contributed by atoms with Crippen molar-refractivity contribution >= 4 is 16.9 Å². The Morgan fingerprint density at radius 2 is 1.20 bits per heavy atom. The first kappa shape index (κ1) is 46.4. The minimum Gasteiger partial charge on any atom is -0.872 e. The van der Waals surface area contributed by atoms with Gasteiger partial charge < -0.3 is 19.4 Å². The number of hydrogen-bond donors (Lipinski definition) is 0. The molecule has 0 atom stereocenters. The number of aromatic carboxylic acids is 1. The summed E-state index contributed by atoms with van der Waals surface area (Å²) in [7, 11) is 0. The second kappa shape index (κ2) is 23.9. The van der Waals surface area contributed by atoms with Crippen LogP contribution in [0.5, 0.6) is 5.75 Å². The van der Waals surface area contributed by atoms with E-state index in [2.05, 4.69) is 0 Å². The van der Waals surface area contributed by atoms with Crippen molar-refractivity contribution in [3.05, 3.63) is 74.4 Å². The van der Waals surface area contributed by atoms with E-state index in [-0.39, 0.29) is 75.9 Å². The van der Waals surface area contributed by atoms with Crippen LogP contribution in [0.1, 0.15) is 102 Å². The average molecular weight is 583 g/mol. The van der Waals surface area contributed by atoms with E-state index in [1.54, 1.807) is 58.0 Å². The molecule has 1 aliphatic heterocycles. The molecule has 2 aromatic carbocycles. The van der Waals surface area contributed by atoms with Crippen LogP contribution >= 0.6 is 0 Å². The fourth-order valence-corrected chi connectivity index (χ4v) is 3.95. The average Bonchev–Trinajstić information content (AvgIpc) is 2.99. The van der Waals surface area contributed by atoms with Gasteiger partial charge >= 0.3 is 59.1 Å². The maximum absolute atomic E-state index is 12.5. The molecule has 0 amide bonds. The van der Waals surface area contributed by atoms with E-state index < -0.39 is 5.97 Å². The Hall–Kier alpha value is -1.60. The van der Waals surface area contributed by atoms with Gasteiger partial charge in [0.1, 0.15) is 11.3 Å². The van der Waals surface area contributed by atoms with Crippen molar-refractivity contribution in [2.75, 3.05) is 0 Å². The fourth-order valence-electron chi connectivity index (χ4n) is 3.95. The molecular formula is C34H48Na2O5. The normalized spacial score (nSPS) is 8.73. The van der Waals surface area contributed by atoms with E-state index in [4.69, 9.17) is 4.42 Å². The molecule has 0 spiro atoms. The number of carboxylic acid groups (broad SMARTS) is 1. The predicted octanol–water partition coefficient (Wildman–Crippen LogP) is 2.37. The largest absolute Gasteiger partial charge is 1.00 e. The molecule has 0 N–H and O–H groups in total. The standard InChI is InChI=1S/C24H20O5.5C2H6.2Na/c1-11-9-17-19(15-7-5-6-8-16(15)24(27)28)18-10-12(2)21(26)14(4)23(18)29-22(17)13(3)20(11)25;5*1-2;;/h5-10,25H,1-4H3,(H,27,28);5*1-2H3;;/q;;;;;;2*+1/p-2. The van der Waals surface area contributed by atoms with Crippen molar-refractivity contribution in [3.8, 4) is 28.2 Å². The van der Waals surface area contributed by atoms with Gasteiger partial charge in [-0.25, -0.2) is 0 Å². The number of carbonyl (C=O) groups is 1. The third-order valence-corrected chi connectivity index (χ3v) is 5.45. The van der Waals surface area contributed by atoms with Gasteiger partial charge in [0, 0.05) is 27.6 Å². The van der Waals surface area contributed by atoms with Crippen molar-refractivity contribution in [3.63, 3.8) is 0 Å². The maximum Gasteiger partial charge on any atom is 1.00 e. The van der Waals surface area contributed by atoms with Crippen LogP contribution in [0.4, 0.5) is 0 Å². The molecular weight excluding hydrogens is 534 g/mol. The molecule has 41 heavy (non-hydrogen) atoms. The summed E-state index contributed by atoms with van der Waals surface area (Å²) in [6.07, 6.45) is 0. The quantitative estimate of drug-likeness (QED) is 0.267. The van der Waals surface area contributed by atoms with Crippen LogP contribution in [0.25, 0.3) is 33.4 Å². The van der Waals surface area contributed by atoms with Crippen molar-refractivity contribution in [2.45, 2.75) is 96.9 Å². The summed E-state index contributed by atoms with van der Waals surface area (Å²) in [4.78, 5) is 24.3. The van der Waals surface area contributed by atoms with Crippen LogP contribution in [-0.4, -0.2) is 5.97 Å². The van der Waals surface area contributed by atoms with E-state index >= 15 is 0 Å². The molecule has 5 nitrogen and oxygen atoms in total. The molecule has 0 saturated carbocycles. The first-order valence-electron chi connectivity index (χ1n) is 14.2. The van der Waals surface area contributed by atoms with Crippen LogP contribution in [0.3, 0.4) is 0 Å². The van der Waals surface area contributed by atoms with Gasteiger partial charge in [0.15, 0.2) is 5.43 Å². The van der Waals surface area contributed by atoms with Gasteiger partial charge in [0.05, 0.1) is 5.97 Å². The monoisotopic (exact) mass is 582 g/mol. The number of carbonyl (C=O) groups excluding carboxylic acids is 1. The zero-order valence-corrected chi connectivity index (χ0v) is 32.5. The minimum atomic E-state index is -1.30. The number of fused-ring (bicyclic) bond motifs is 2. The van der Waals surface area contributed by atoms with E-state index in [0.717, 1.165) is 0 Å². The summed E-state index contributed by atoms with van der Waals surface area (Å²) in [5.41, 5.74) is 3.82. The SMILES string of the molecule is CC.CC.CC.CC.CC.Cc1cc2c(-c3ccccc3C(=O)[O-])c3cc(C)c(=O)c(C)c-3oc2c(C)c1[O-].[Na+].[Na+]. The van der Waals surface area contributed by atoms with Crippen molar-refractivity contribution in [2.24, 2.45) is 0 Å². The Morgan fingerprint density at radius 1 is 0.707 bits per heavy atom. The van der Waals surface area contributed by atoms with Gasteiger partial charge in [-0.15, -0.1) is 0 Å². The van der Waals surface area contributed by atoms with Crippen molar-refractivity contribution in [1.82, 2.24) is 0 Å². The minimum absolute atomic E-state index is 0. The summed E-state index contributed by atoms with van der Waals surface area (Å²) in [5, 5.41) is 25.0. The van der Waals surface area contributed by atoms with E-state index in [9.17, 15) is 19.8 Å². The summed E-state index contributed by atoms with van der Waals surface area (Å²) >= 11 is 0. The zero-order valence-electron chi connectivity index (χ0n) is 28.5. The number of hydrogen-bond acceptors (Lipinski definition) is 5. The summed E-state index contributed by atoms with van der Waals surface area (Å²) in [6.45, 7) is 26.8. The van der Waals surface area contributed by atoms with E-state index in [1.807, 2.05) is 69.2 Å². The third-order valence-electron chi connectivity index (χ3n) is 5.45.